The number of hydrogen-bond acceptors (Lipinski definition) is 6. The van der Waals surface area contributed by atoms with Gasteiger partial charge in [-0.25, -0.2) is 0 Å². The minimum absolute atomic E-state index is 0. The number of aryl methyl sites for hydroxylation is 2. The number of pyridine rings is 1. The number of rotatable bonds is 9. The highest BCUT2D eigenvalue weighted by Gasteiger charge is 2.24. The van der Waals surface area contributed by atoms with Crippen molar-refractivity contribution in [2.45, 2.75) is 71.9 Å². The number of phenols is 1. The lowest BCUT2D eigenvalue weighted by molar-refractivity contribution is -0.143. The van der Waals surface area contributed by atoms with Crippen LogP contribution in [0.5, 0.6) is 5.75 Å². The van der Waals surface area contributed by atoms with Gasteiger partial charge in [-0.3, -0.25) is 14.4 Å². The third-order valence-corrected chi connectivity index (χ3v) is 6.63. The maximum atomic E-state index is 11.6. The molecule has 9 heteroatoms. The van der Waals surface area contributed by atoms with E-state index in [-0.39, 0.29) is 31.6 Å². The van der Waals surface area contributed by atoms with E-state index in [2.05, 4.69) is 36.3 Å². The summed E-state index contributed by atoms with van der Waals surface area (Å²) in [6.45, 7) is 4.83. The second-order valence-electron chi connectivity index (χ2n) is 9.20. The molecule has 1 atom stereocenters. The number of carboxylic acid groups (broad SMARTS) is 2. The SMILES string of the molecule is C.CCc1cc2c(cc1CC)CC(NC[C@H](O)c1ccc(O)c3[nH]c(=O)ccc13)C2.O=C(O)CCC(=O)O. The highest BCUT2D eigenvalue weighted by Crippen LogP contribution is 2.30. The van der Waals surface area contributed by atoms with Gasteiger partial charge in [0.15, 0.2) is 0 Å². The fraction of sp³-hybridized carbons (Fsp3) is 0.414. The average Bonchev–Trinajstić information content (AvgIpc) is 3.27. The molecule has 0 saturated heterocycles. The van der Waals surface area contributed by atoms with Crippen molar-refractivity contribution in [1.82, 2.24) is 10.3 Å². The number of aromatic hydroxyl groups is 1. The Balaban J connectivity index is 0.000000493. The molecule has 4 rings (SSSR count). The van der Waals surface area contributed by atoms with Crippen LogP contribution in [0, 0.1) is 0 Å². The number of fused-ring (bicyclic) bond motifs is 2. The number of aliphatic hydroxyl groups excluding tert-OH is 1. The third-order valence-electron chi connectivity index (χ3n) is 6.63. The van der Waals surface area contributed by atoms with Gasteiger partial charge in [-0.1, -0.05) is 39.5 Å². The van der Waals surface area contributed by atoms with Gasteiger partial charge in [0.05, 0.1) is 24.5 Å². The normalized spacial score (nSPS) is 13.2. The Morgan fingerprint density at radius 3 is 2.03 bits per heavy atom. The Morgan fingerprint density at radius 2 is 1.53 bits per heavy atom. The van der Waals surface area contributed by atoms with Crippen LogP contribution in [0.2, 0.25) is 0 Å². The number of phenolic OH excluding ortho intramolecular Hbond substituents is 1. The molecule has 1 aliphatic rings. The van der Waals surface area contributed by atoms with Crippen LogP contribution in [0.15, 0.2) is 41.2 Å². The Kier molecular flexibility index (Phi) is 11.0. The summed E-state index contributed by atoms with van der Waals surface area (Å²) in [5.74, 6) is -2.15. The van der Waals surface area contributed by atoms with Gasteiger partial charge in [0.25, 0.3) is 0 Å². The van der Waals surface area contributed by atoms with Gasteiger partial charge >= 0.3 is 11.9 Å². The molecule has 3 aromatic rings. The first-order valence-electron chi connectivity index (χ1n) is 12.5. The van der Waals surface area contributed by atoms with Crippen molar-refractivity contribution >= 4 is 22.8 Å². The maximum absolute atomic E-state index is 11.6. The molecule has 38 heavy (non-hydrogen) atoms. The molecule has 9 nitrogen and oxygen atoms in total. The van der Waals surface area contributed by atoms with Crippen molar-refractivity contribution in [2.24, 2.45) is 0 Å². The highest BCUT2D eigenvalue weighted by molar-refractivity contribution is 5.87. The molecule has 0 bridgehead atoms. The zero-order valence-electron chi connectivity index (χ0n) is 21.1. The zero-order chi connectivity index (χ0) is 27.1. The van der Waals surface area contributed by atoms with E-state index in [1.54, 1.807) is 12.1 Å². The lowest BCUT2D eigenvalue weighted by atomic mass is 9.97. The average molecular weight is 527 g/mol. The molecule has 0 amide bonds. The predicted octanol–water partition coefficient (Wildman–Crippen LogP) is 3.72. The van der Waals surface area contributed by atoms with E-state index in [4.69, 9.17) is 10.2 Å². The summed E-state index contributed by atoms with van der Waals surface area (Å²) in [7, 11) is 0. The molecule has 0 radical (unpaired) electrons. The van der Waals surface area contributed by atoms with Crippen molar-refractivity contribution in [3.05, 3.63) is 74.6 Å². The summed E-state index contributed by atoms with van der Waals surface area (Å²) >= 11 is 0. The number of carboxylic acids is 2. The molecule has 0 saturated carbocycles. The Labute approximate surface area is 222 Å². The second-order valence-corrected chi connectivity index (χ2v) is 9.20. The van der Waals surface area contributed by atoms with Gasteiger partial charge in [0, 0.05) is 24.0 Å². The van der Waals surface area contributed by atoms with Crippen molar-refractivity contribution in [2.75, 3.05) is 6.54 Å². The van der Waals surface area contributed by atoms with Crippen molar-refractivity contribution in [3.63, 3.8) is 0 Å². The lowest BCUT2D eigenvalue weighted by Crippen LogP contribution is -2.33. The van der Waals surface area contributed by atoms with Crippen molar-refractivity contribution < 1.29 is 30.0 Å². The monoisotopic (exact) mass is 526 g/mol. The molecule has 0 spiro atoms. The molecule has 1 heterocycles. The summed E-state index contributed by atoms with van der Waals surface area (Å²) in [4.78, 5) is 33.5. The van der Waals surface area contributed by atoms with Crippen LogP contribution in [0.1, 0.15) is 68.0 Å². The lowest BCUT2D eigenvalue weighted by Gasteiger charge is -2.18. The molecular weight excluding hydrogens is 488 g/mol. The van der Waals surface area contributed by atoms with Crippen molar-refractivity contribution in [1.29, 1.82) is 0 Å². The molecule has 6 N–H and O–H groups in total. The van der Waals surface area contributed by atoms with Crippen LogP contribution in [0.3, 0.4) is 0 Å². The number of H-pyrrole nitrogens is 1. The number of aromatic amines is 1. The first-order chi connectivity index (χ1) is 17.6. The largest absolute Gasteiger partial charge is 0.506 e. The topological polar surface area (TPSA) is 160 Å². The van der Waals surface area contributed by atoms with E-state index in [0.29, 0.717) is 29.1 Å². The fourth-order valence-corrected chi connectivity index (χ4v) is 4.73. The predicted molar refractivity (Wildman–Crippen MR) is 147 cm³/mol. The first kappa shape index (κ1) is 30.5. The molecule has 1 aliphatic carbocycles. The number of benzene rings is 2. The Morgan fingerprint density at radius 1 is 0.974 bits per heavy atom. The Bertz CT molecular complexity index is 1290. The molecule has 0 aliphatic heterocycles. The quantitative estimate of drug-likeness (QED) is 0.246. The van der Waals surface area contributed by atoms with E-state index < -0.39 is 18.0 Å². The van der Waals surface area contributed by atoms with Gasteiger partial charge in [0.2, 0.25) is 5.56 Å². The Hall–Kier alpha value is -3.69. The van der Waals surface area contributed by atoms with E-state index >= 15 is 0 Å². The minimum atomic E-state index is -1.08. The molecule has 2 aromatic carbocycles. The number of aliphatic hydroxyl groups is 1. The summed E-state index contributed by atoms with van der Waals surface area (Å²) in [5, 5.41) is 40.8. The number of hydrogen-bond donors (Lipinski definition) is 6. The fourth-order valence-electron chi connectivity index (χ4n) is 4.73. The number of aliphatic carboxylic acids is 2. The first-order valence-corrected chi connectivity index (χ1v) is 12.5. The van der Waals surface area contributed by atoms with Gasteiger partial charge in [0.1, 0.15) is 5.75 Å². The van der Waals surface area contributed by atoms with Gasteiger partial charge in [-0.2, -0.15) is 0 Å². The molecule has 0 fully saturated rings. The van der Waals surface area contributed by atoms with Crippen molar-refractivity contribution in [3.8, 4) is 5.75 Å². The molecule has 1 aromatic heterocycles. The number of carbonyl (C=O) groups is 2. The van der Waals surface area contributed by atoms with Crippen LogP contribution in [-0.2, 0) is 35.3 Å². The van der Waals surface area contributed by atoms with Crippen LogP contribution in [-0.4, -0.2) is 49.9 Å². The van der Waals surface area contributed by atoms with Crippen LogP contribution in [0.25, 0.3) is 10.9 Å². The van der Waals surface area contributed by atoms with E-state index in [1.165, 1.54) is 34.4 Å². The van der Waals surface area contributed by atoms with Crippen LogP contribution < -0.4 is 10.9 Å². The van der Waals surface area contributed by atoms with E-state index in [9.17, 15) is 24.6 Å². The standard InChI is InChI=1S/C24H28N2O3.C4H6O4.CH4/c1-3-14-9-16-11-18(12-17(16)10-15(14)4-2)25-13-22(28)19-5-7-21(27)24-20(19)6-8-23(29)26-24;5-3(6)1-2-4(7)8;/h5-10,18,22,25,27-28H,3-4,11-13H2,1-2H3,(H,26,29);1-2H2,(H,5,6)(H,7,8);1H4/t22-;;/m0../s1. The summed E-state index contributed by atoms with van der Waals surface area (Å²) < 4.78 is 0. The van der Waals surface area contributed by atoms with Gasteiger partial charge in [-0.15, -0.1) is 0 Å². The second kappa shape index (κ2) is 13.7. The minimum Gasteiger partial charge on any atom is -0.506 e. The molecular formula is C29H38N2O7. The van der Waals surface area contributed by atoms with Crippen LogP contribution in [0.4, 0.5) is 0 Å². The summed E-state index contributed by atoms with van der Waals surface area (Å²) in [6, 6.07) is 11.3. The molecule has 206 valence electrons. The highest BCUT2D eigenvalue weighted by atomic mass is 16.4. The summed E-state index contributed by atoms with van der Waals surface area (Å²) in [5.41, 5.74) is 6.49. The van der Waals surface area contributed by atoms with E-state index in [1.807, 2.05) is 0 Å². The van der Waals surface area contributed by atoms with Gasteiger partial charge < -0.3 is 30.7 Å². The molecule has 0 unspecified atom stereocenters. The van der Waals surface area contributed by atoms with Crippen LogP contribution >= 0.6 is 0 Å². The maximum Gasteiger partial charge on any atom is 0.303 e. The zero-order valence-corrected chi connectivity index (χ0v) is 21.1. The third kappa shape index (κ3) is 7.66. The number of aromatic nitrogens is 1. The van der Waals surface area contributed by atoms with Gasteiger partial charge in [-0.05, 0) is 65.6 Å². The summed E-state index contributed by atoms with van der Waals surface area (Å²) in [6.07, 6.45) is 2.74. The number of nitrogens with one attached hydrogen (secondary N) is 2. The van der Waals surface area contributed by atoms with E-state index in [0.717, 1.165) is 25.7 Å². The smallest absolute Gasteiger partial charge is 0.303 e.